The molecular weight excluding hydrogens is 330 g/mol. The van der Waals surface area contributed by atoms with Gasteiger partial charge in [0, 0.05) is 13.8 Å². The van der Waals surface area contributed by atoms with Crippen LogP contribution in [0.25, 0.3) is 0 Å². The number of carbonyl (C=O) groups excluding carboxylic acids is 2. The Bertz CT molecular complexity index is 580. The van der Waals surface area contributed by atoms with Gasteiger partial charge in [-0.25, -0.2) is 0 Å². The zero-order valence-corrected chi connectivity index (χ0v) is 14.1. The lowest BCUT2D eigenvalue weighted by Crippen LogP contribution is -2.65. The molecule has 0 aliphatic carbocycles. The molecule has 1 aliphatic rings. The minimum Gasteiger partial charge on any atom is -0.457 e. The average molecular weight is 353 g/mol. The summed E-state index contributed by atoms with van der Waals surface area (Å²) >= 11 is 0. The highest BCUT2D eigenvalue weighted by Crippen LogP contribution is 2.25. The van der Waals surface area contributed by atoms with E-state index in [1.165, 1.54) is 13.8 Å². The number of amides is 1. The Balaban J connectivity index is 2.19. The van der Waals surface area contributed by atoms with Crippen LogP contribution in [-0.4, -0.2) is 59.3 Å². The molecule has 8 heteroatoms. The van der Waals surface area contributed by atoms with Crippen molar-refractivity contribution >= 4 is 11.9 Å². The van der Waals surface area contributed by atoms with Crippen LogP contribution in [0.2, 0.25) is 0 Å². The normalized spacial score (nSPS) is 29.0. The number of carbonyl (C=O) groups is 2. The lowest BCUT2D eigenvalue weighted by molar-refractivity contribution is -0.276. The highest BCUT2D eigenvalue weighted by atomic mass is 16.7. The SMILES string of the molecule is CC(=O)N[C@@H]1[C@H](OCc2ccccc2)O[C@H](CO)[C@@H](O)[C@H]1OC(C)=O. The van der Waals surface area contributed by atoms with E-state index >= 15 is 0 Å². The first kappa shape index (κ1) is 19.3. The smallest absolute Gasteiger partial charge is 0.303 e. The van der Waals surface area contributed by atoms with Crippen LogP contribution in [0, 0.1) is 0 Å². The molecule has 1 saturated heterocycles. The van der Waals surface area contributed by atoms with Crippen molar-refractivity contribution in [2.45, 2.75) is 51.1 Å². The molecule has 0 radical (unpaired) electrons. The number of esters is 1. The molecule has 1 heterocycles. The monoisotopic (exact) mass is 353 g/mol. The quantitative estimate of drug-likeness (QED) is 0.603. The van der Waals surface area contributed by atoms with Gasteiger partial charge in [-0.05, 0) is 5.56 Å². The molecule has 5 atom stereocenters. The summed E-state index contributed by atoms with van der Waals surface area (Å²) in [7, 11) is 0. The van der Waals surface area contributed by atoms with E-state index in [1.807, 2.05) is 30.3 Å². The fourth-order valence-electron chi connectivity index (χ4n) is 2.68. The van der Waals surface area contributed by atoms with Crippen molar-refractivity contribution in [1.29, 1.82) is 0 Å². The number of rotatable bonds is 6. The second-order valence-electron chi connectivity index (χ2n) is 5.81. The van der Waals surface area contributed by atoms with Gasteiger partial charge in [-0.2, -0.15) is 0 Å². The topological polar surface area (TPSA) is 114 Å². The van der Waals surface area contributed by atoms with Gasteiger partial charge in [0.1, 0.15) is 18.2 Å². The van der Waals surface area contributed by atoms with Crippen LogP contribution in [0.3, 0.4) is 0 Å². The molecule has 0 saturated carbocycles. The summed E-state index contributed by atoms with van der Waals surface area (Å²) in [6.45, 7) is 2.18. The van der Waals surface area contributed by atoms with Gasteiger partial charge in [-0.3, -0.25) is 9.59 Å². The van der Waals surface area contributed by atoms with E-state index in [1.54, 1.807) is 0 Å². The predicted molar refractivity (Wildman–Crippen MR) is 86.1 cm³/mol. The first-order valence-electron chi connectivity index (χ1n) is 7.96. The van der Waals surface area contributed by atoms with Crippen LogP contribution in [0.4, 0.5) is 0 Å². The van der Waals surface area contributed by atoms with Crippen molar-refractivity contribution in [2.75, 3.05) is 6.61 Å². The largest absolute Gasteiger partial charge is 0.457 e. The minimum atomic E-state index is -1.30. The molecule has 3 N–H and O–H groups in total. The Hall–Kier alpha value is -2.00. The maximum absolute atomic E-state index is 11.5. The number of benzene rings is 1. The summed E-state index contributed by atoms with van der Waals surface area (Å²) in [5.41, 5.74) is 0.878. The summed E-state index contributed by atoms with van der Waals surface area (Å²) in [5.74, 6) is -1.02. The van der Waals surface area contributed by atoms with Crippen molar-refractivity contribution in [1.82, 2.24) is 5.32 Å². The number of ether oxygens (including phenoxy) is 3. The molecule has 1 amide bonds. The standard InChI is InChI=1S/C17H23NO7/c1-10(20)18-14-16(24-11(2)21)15(22)13(8-19)25-17(14)23-9-12-6-4-3-5-7-12/h3-7,13-17,19,22H,8-9H2,1-2H3,(H,18,20)/t13-,14+,15-,16+,17-/m1/s1. The Morgan fingerprint density at radius 1 is 1.24 bits per heavy atom. The van der Waals surface area contributed by atoms with E-state index in [-0.39, 0.29) is 6.61 Å². The third-order valence-corrected chi connectivity index (χ3v) is 3.78. The molecule has 8 nitrogen and oxygen atoms in total. The van der Waals surface area contributed by atoms with Crippen LogP contribution in [-0.2, 0) is 30.4 Å². The third kappa shape index (κ3) is 5.23. The molecule has 25 heavy (non-hydrogen) atoms. The summed E-state index contributed by atoms with van der Waals surface area (Å²) < 4.78 is 16.4. The second kappa shape index (κ2) is 8.91. The lowest BCUT2D eigenvalue weighted by Gasteiger charge is -2.43. The third-order valence-electron chi connectivity index (χ3n) is 3.78. The molecule has 1 aromatic carbocycles. The van der Waals surface area contributed by atoms with Gasteiger partial charge in [0.05, 0.1) is 13.2 Å². The summed E-state index contributed by atoms with van der Waals surface area (Å²) in [4.78, 5) is 22.9. The highest BCUT2D eigenvalue weighted by Gasteiger charge is 2.48. The zero-order chi connectivity index (χ0) is 18.4. The van der Waals surface area contributed by atoms with Gasteiger partial charge in [0.2, 0.25) is 5.91 Å². The van der Waals surface area contributed by atoms with E-state index < -0.39 is 49.1 Å². The zero-order valence-electron chi connectivity index (χ0n) is 14.1. The maximum Gasteiger partial charge on any atom is 0.303 e. The molecule has 1 aromatic rings. The molecule has 138 valence electrons. The van der Waals surface area contributed by atoms with Crippen molar-refractivity contribution in [2.24, 2.45) is 0 Å². The molecule has 1 aliphatic heterocycles. The fourth-order valence-corrected chi connectivity index (χ4v) is 2.68. The number of hydrogen-bond acceptors (Lipinski definition) is 7. The van der Waals surface area contributed by atoms with E-state index in [0.29, 0.717) is 0 Å². The number of nitrogens with one attached hydrogen (secondary N) is 1. The van der Waals surface area contributed by atoms with Crippen molar-refractivity contribution in [3.63, 3.8) is 0 Å². The second-order valence-corrected chi connectivity index (χ2v) is 5.81. The van der Waals surface area contributed by atoms with E-state index in [2.05, 4.69) is 5.32 Å². The Labute approximate surface area is 145 Å². The Morgan fingerprint density at radius 2 is 1.92 bits per heavy atom. The maximum atomic E-state index is 11.5. The van der Waals surface area contributed by atoms with Crippen LogP contribution in [0.5, 0.6) is 0 Å². The average Bonchev–Trinajstić information content (AvgIpc) is 2.57. The number of hydrogen-bond donors (Lipinski definition) is 3. The highest BCUT2D eigenvalue weighted by molar-refractivity contribution is 5.73. The molecule has 0 bridgehead atoms. The summed E-state index contributed by atoms with van der Waals surface area (Å²) in [6.07, 6.45) is -4.42. The summed E-state index contributed by atoms with van der Waals surface area (Å²) in [5, 5.41) is 22.3. The van der Waals surface area contributed by atoms with E-state index in [0.717, 1.165) is 5.56 Å². The number of aliphatic hydroxyl groups is 2. The Kier molecular flexibility index (Phi) is 6.89. The molecule has 0 aromatic heterocycles. The van der Waals surface area contributed by atoms with Gasteiger partial charge in [-0.1, -0.05) is 30.3 Å². The molecule has 1 fully saturated rings. The van der Waals surface area contributed by atoms with Crippen molar-refractivity contribution < 1.29 is 34.0 Å². The van der Waals surface area contributed by atoms with Gasteiger partial charge >= 0.3 is 5.97 Å². The first-order valence-corrected chi connectivity index (χ1v) is 7.96. The van der Waals surface area contributed by atoms with E-state index in [4.69, 9.17) is 14.2 Å². The van der Waals surface area contributed by atoms with Crippen LogP contribution >= 0.6 is 0 Å². The molecular formula is C17H23NO7. The fraction of sp³-hybridized carbons (Fsp3) is 0.529. The minimum absolute atomic E-state index is 0.183. The van der Waals surface area contributed by atoms with Gasteiger partial charge in [-0.15, -0.1) is 0 Å². The van der Waals surface area contributed by atoms with Crippen LogP contribution in [0.15, 0.2) is 30.3 Å². The molecule has 2 rings (SSSR count). The first-order chi connectivity index (χ1) is 11.9. The predicted octanol–water partition coefficient (Wildman–Crippen LogP) is -0.282. The van der Waals surface area contributed by atoms with Crippen molar-refractivity contribution in [3.05, 3.63) is 35.9 Å². The lowest BCUT2D eigenvalue weighted by atomic mass is 9.96. The van der Waals surface area contributed by atoms with Crippen molar-refractivity contribution in [3.8, 4) is 0 Å². The summed E-state index contributed by atoms with van der Waals surface area (Å²) in [6, 6.07) is 8.38. The van der Waals surface area contributed by atoms with Gasteiger partial charge in [0.25, 0.3) is 0 Å². The molecule has 0 unspecified atom stereocenters. The number of aliphatic hydroxyl groups excluding tert-OH is 2. The molecule has 0 spiro atoms. The van der Waals surface area contributed by atoms with Crippen LogP contribution < -0.4 is 5.32 Å². The van der Waals surface area contributed by atoms with Gasteiger partial charge in [0.15, 0.2) is 12.4 Å². The van der Waals surface area contributed by atoms with E-state index in [9.17, 15) is 19.8 Å². The Morgan fingerprint density at radius 3 is 2.48 bits per heavy atom. The van der Waals surface area contributed by atoms with Crippen LogP contribution in [0.1, 0.15) is 19.4 Å². The van der Waals surface area contributed by atoms with Gasteiger partial charge < -0.3 is 29.7 Å².